The highest BCUT2D eigenvalue weighted by Crippen LogP contribution is 2.24. The molecule has 0 saturated carbocycles. The Bertz CT molecular complexity index is 680. The average Bonchev–Trinajstić information content (AvgIpc) is 3.23. The molecule has 2 N–H and O–H groups in total. The quantitative estimate of drug-likeness (QED) is 0.881. The van der Waals surface area contributed by atoms with Crippen LogP contribution in [0.15, 0.2) is 23.6 Å². The van der Waals surface area contributed by atoms with E-state index in [1.807, 2.05) is 17.5 Å². The molecule has 0 radical (unpaired) electrons. The Morgan fingerprint density at radius 3 is 3.13 bits per heavy atom. The van der Waals surface area contributed by atoms with Gasteiger partial charge in [-0.15, -0.1) is 11.3 Å². The molecule has 3 heterocycles. The molecule has 1 aliphatic rings. The molecule has 2 amide bonds. The number of hydrogen-bond acceptors (Lipinski definition) is 4. The number of aromatic nitrogens is 2. The fraction of sp³-hybridized carbons (Fsp3) is 0.438. The van der Waals surface area contributed by atoms with E-state index in [1.54, 1.807) is 22.3 Å². The fourth-order valence-electron chi connectivity index (χ4n) is 2.78. The number of H-pyrrole nitrogens is 1. The van der Waals surface area contributed by atoms with Crippen molar-refractivity contribution in [2.75, 3.05) is 13.1 Å². The summed E-state index contributed by atoms with van der Waals surface area (Å²) in [5.74, 6) is -0.243. The Labute approximate surface area is 138 Å². The summed E-state index contributed by atoms with van der Waals surface area (Å²) in [6.07, 6.45) is 2.61. The lowest BCUT2D eigenvalue weighted by Crippen LogP contribution is -2.57. The number of unbranched alkanes of at least 4 members (excludes halogenated alkanes) is 1. The van der Waals surface area contributed by atoms with Gasteiger partial charge < -0.3 is 10.2 Å². The zero-order valence-corrected chi connectivity index (χ0v) is 13.9. The van der Waals surface area contributed by atoms with Crippen molar-refractivity contribution >= 4 is 23.2 Å². The third-order valence-electron chi connectivity index (χ3n) is 4.01. The molecule has 2 aromatic rings. The molecule has 3 rings (SSSR count). The van der Waals surface area contributed by atoms with Crippen LogP contribution in [0.25, 0.3) is 10.6 Å². The lowest BCUT2D eigenvalue weighted by molar-refractivity contribution is -0.128. The minimum atomic E-state index is -0.391. The van der Waals surface area contributed by atoms with Gasteiger partial charge in [0, 0.05) is 13.1 Å². The van der Waals surface area contributed by atoms with E-state index in [9.17, 15) is 9.59 Å². The van der Waals surface area contributed by atoms with Crippen molar-refractivity contribution in [2.45, 2.75) is 32.2 Å². The number of hydrogen-bond donors (Lipinski definition) is 2. The third-order valence-corrected chi connectivity index (χ3v) is 4.91. The van der Waals surface area contributed by atoms with Gasteiger partial charge in [-0.25, -0.2) is 0 Å². The first-order valence-electron chi connectivity index (χ1n) is 7.88. The first-order valence-corrected chi connectivity index (χ1v) is 8.76. The second-order valence-electron chi connectivity index (χ2n) is 5.59. The number of nitrogens with zero attached hydrogens (tertiary/aromatic N) is 2. The molecular formula is C16H20N4O2S. The summed E-state index contributed by atoms with van der Waals surface area (Å²) in [7, 11) is 0. The summed E-state index contributed by atoms with van der Waals surface area (Å²) in [6.45, 7) is 3.10. The fourth-order valence-corrected chi connectivity index (χ4v) is 3.47. The van der Waals surface area contributed by atoms with Gasteiger partial charge in [-0.3, -0.25) is 14.7 Å². The van der Waals surface area contributed by atoms with E-state index in [0.29, 0.717) is 25.2 Å². The summed E-state index contributed by atoms with van der Waals surface area (Å²) in [5.41, 5.74) is 1.19. The van der Waals surface area contributed by atoms with Gasteiger partial charge in [0.15, 0.2) is 5.69 Å². The largest absolute Gasteiger partial charge is 0.353 e. The number of amides is 2. The summed E-state index contributed by atoms with van der Waals surface area (Å²) < 4.78 is 0. The molecule has 23 heavy (non-hydrogen) atoms. The summed E-state index contributed by atoms with van der Waals surface area (Å²) in [5, 5.41) is 11.9. The first-order chi connectivity index (χ1) is 11.2. The molecule has 1 atom stereocenters. The smallest absolute Gasteiger partial charge is 0.275 e. The van der Waals surface area contributed by atoms with Crippen LogP contribution >= 0.6 is 11.3 Å². The van der Waals surface area contributed by atoms with E-state index in [1.165, 1.54) is 0 Å². The molecule has 1 fully saturated rings. The van der Waals surface area contributed by atoms with E-state index in [-0.39, 0.29) is 11.8 Å². The zero-order chi connectivity index (χ0) is 16.2. The van der Waals surface area contributed by atoms with Gasteiger partial charge in [0.25, 0.3) is 5.91 Å². The van der Waals surface area contributed by atoms with Crippen molar-refractivity contribution in [1.29, 1.82) is 0 Å². The van der Waals surface area contributed by atoms with Gasteiger partial charge in [0.05, 0.1) is 10.6 Å². The monoisotopic (exact) mass is 332 g/mol. The highest BCUT2D eigenvalue weighted by molar-refractivity contribution is 7.13. The second kappa shape index (κ2) is 6.95. The molecular weight excluding hydrogens is 312 g/mol. The Balaban J connectivity index is 1.79. The maximum atomic E-state index is 12.8. The molecule has 0 aliphatic carbocycles. The van der Waals surface area contributed by atoms with Crippen molar-refractivity contribution in [1.82, 2.24) is 20.4 Å². The number of thiophene rings is 1. The van der Waals surface area contributed by atoms with Crippen LogP contribution in [0.3, 0.4) is 0 Å². The zero-order valence-electron chi connectivity index (χ0n) is 13.0. The van der Waals surface area contributed by atoms with Crippen molar-refractivity contribution in [3.63, 3.8) is 0 Å². The number of nitrogens with one attached hydrogen (secondary N) is 2. The van der Waals surface area contributed by atoms with Crippen LogP contribution in [0.2, 0.25) is 0 Å². The SMILES string of the molecule is CCCCC1C(=O)NCCN1C(=O)c1cc(-c2cccs2)[nH]n1. The third kappa shape index (κ3) is 3.29. The van der Waals surface area contributed by atoms with Crippen LogP contribution in [0.4, 0.5) is 0 Å². The molecule has 122 valence electrons. The normalized spacial score (nSPS) is 18.0. The van der Waals surface area contributed by atoms with Crippen molar-refractivity contribution < 1.29 is 9.59 Å². The second-order valence-corrected chi connectivity index (χ2v) is 6.54. The number of aromatic amines is 1. The number of rotatable bonds is 5. The van der Waals surface area contributed by atoms with Gasteiger partial charge in [0.1, 0.15) is 6.04 Å². The highest BCUT2D eigenvalue weighted by atomic mass is 32.1. The Kier molecular flexibility index (Phi) is 4.76. The average molecular weight is 332 g/mol. The first kappa shape index (κ1) is 15.7. The molecule has 1 aliphatic heterocycles. The van der Waals surface area contributed by atoms with Crippen LogP contribution in [0.1, 0.15) is 36.7 Å². The lowest BCUT2D eigenvalue weighted by atomic mass is 10.0. The summed E-state index contributed by atoms with van der Waals surface area (Å²) in [4.78, 5) is 27.6. The van der Waals surface area contributed by atoms with Crippen molar-refractivity contribution in [3.05, 3.63) is 29.3 Å². The minimum Gasteiger partial charge on any atom is -0.353 e. The lowest BCUT2D eigenvalue weighted by Gasteiger charge is -2.34. The van der Waals surface area contributed by atoms with E-state index in [4.69, 9.17) is 0 Å². The van der Waals surface area contributed by atoms with E-state index in [2.05, 4.69) is 22.4 Å². The maximum absolute atomic E-state index is 12.8. The Morgan fingerprint density at radius 2 is 2.39 bits per heavy atom. The Morgan fingerprint density at radius 1 is 1.52 bits per heavy atom. The molecule has 0 spiro atoms. The number of carbonyl (C=O) groups excluding carboxylic acids is 2. The van der Waals surface area contributed by atoms with Gasteiger partial charge >= 0.3 is 0 Å². The highest BCUT2D eigenvalue weighted by Gasteiger charge is 2.33. The molecule has 7 heteroatoms. The van der Waals surface area contributed by atoms with Crippen molar-refractivity contribution in [3.8, 4) is 10.6 Å². The van der Waals surface area contributed by atoms with Crippen LogP contribution in [-0.2, 0) is 4.79 Å². The predicted octanol–water partition coefficient (Wildman–Crippen LogP) is 2.27. The molecule has 2 aromatic heterocycles. The topological polar surface area (TPSA) is 78.1 Å². The van der Waals surface area contributed by atoms with Gasteiger partial charge in [0.2, 0.25) is 5.91 Å². The van der Waals surface area contributed by atoms with E-state index in [0.717, 1.165) is 23.4 Å². The standard InChI is InChI=1S/C16H20N4O2S/c1-2-3-5-13-15(21)17-7-8-20(13)16(22)12-10-11(18-19-12)14-6-4-9-23-14/h4,6,9-10,13H,2-3,5,7-8H2,1H3,(H,17,21)(H,18,19). The minimum absolute atomic E-state index is 0.0629. The molecule has 0 aromatic carbocycles. The van der Waals surface area contributed by atoms with Crippen LogP contribution < -0.4 is 5.32 Å². The Hall–Kier alpha value is -2.15. The molecule has 6 nitrogen and oxygen atoms in total. The maximum Gasteiger partial charge on any atom is 0.275 e. The van der Waals surface area contributed by atoms with Crippen LogP contribution in [0.5, 0.6) is 0 Å². The van der Waals surface area contributed by atoms with Gasteiger partial charge in [-0.05, 0) is 23.9 Å². The summed E-state index contributed by atoms with van der Waals surface area (Å²) >= 11 is 1.59. The van der Waals surface area contributed by atoms with E-state index < -0.39 is 6.04 Å². The number of piperazine rings is 1. The van der Waals surface area contributed by atoms with Crippen LogP contribution in [0, 0.1) is 0 Å². The predicted molar refractivity (Wildman–Crippen MR) is 89.3 cm³/mol. The number of carbonyl (C=O) groups is 2. The van der Waals surface area contributed by atoms with Gasteiger partial charge in [-0.1, -0.05) is 25.8 Å². The van der Waals surface area contributed by atoms with Crippen molar-refractivity contribution in [2.24, 2.45) is 0 Å². The van der Waals surface area contributed by atoms with E-state index >= 15 is 0 Å². The molecule has 1 unspecified atom stereocenters. The van der Waals surface area contributed by atoms with Gasteiger partial charge in [-0.2, -0.15) is 5.10 Å². The molecule has 1 saturated heterocycles. The molecule has 0 bridgehead atoms. The van der Waals surface area contributed by atoms with Crippen LogP contribution in [-0.4, -0.2) is 46.0 Å². The summed E-state index contributed by atoms with van der Waals surface area (Å²) in [6, 6.07) is 5.30.